The van der Waals surface area contributed by atoms with Crippen molar-refractivity contribution in [3.05, 3.63) is 68.2 Å². The molecule has 0 radical (unpaired) electrons. The second-order valence-electron chi connectivity index (χ2n) is 4.98. The molecule has 0 aromatic heterocycles. The number of nitrogens with one attached hydrogen (secondary N) is 2. The number of hydrazone groups is 1. The Morgan fingerprint density at radius 2 is 2.00 bits per heavy atom. The molecule has 0 aliphatic heterocycles. The van der Waals surface area contributed by atoms with Crippen molar-refractivity contribution in [1.29, 1.82) is 0 Å². The number of nitro groups is 1. The van der Waals surface area contributed by atoms with E-state index in [-0.39, 0.29) is 18.1 Å². The molecule has 0 spiro atoms. The highest BCUT2D eigenvalue weighted by Crippen LogP contribution is 2.21. The summed E-state index contributed by atoms with van der Waals surface area (Å²) < 4.78 is 0.521. The Kier molecular flexibility index (Phi) is 6.02. The van der Waals surface area contributed by atoms with Gasteiger partial charge in [-0.3, -0.25) is 14.9 Å². The average molecular weight is 391 g/mol. The first kappa shape index (κ1) is 17.6. The number of halogens is 1. The Morgan fingerprint density at radius 3 is 2.62 bits per heavy atom. The lowest BCUT2D eigenvalue weighted by atomic mass is 10.2. The molecule has 0 fully saturated rings. The molecule has 2 aromatic rings. The third kappa shape index (κ3) is 5.17. The zero-order valence-electron chi connectivity index (χ0n) is 12.8. The maximum absolute atomic E-state index is 11.7. The fourth-order valence-electron chi connectivity index (χ4n) is 1.80. The molecule has 0 unspecified atom stereocenters. The number of nitrogens with zero attached hydrogens (tertiary/aromatic N) is 2. The van der Waals surface area contributed by atoms with Gasteiger partial charge in [0.15, 0.2) is 0 Å². The summed E-state index contributed by atoms with van der Waals surface area (Å²) in [7, 11) is 0. The lowest BCUT2D eigenvalue weighted by molar-refractivity contribution is -0.384. The van der Waals surface area contributed by atoms with Gasteiger partial charge in [-0.05, 0) is 41.1 Å². The topological polar surface area (TPSA) is 96.6 Å². The van der Waals surface area contributed by atoms with Crippen molar-refractivity contribution >= 4 is 39.4 Å². The molecule has 0 atom stereocenters. The lowest BCUT2D eigenvalue weighted by Gasteiger charge is -2.05. The fourth-order valence-corrected chi connectivity index (χ4v) is 2.27. The van der Waals surface area contributed by atoms with Crippen LogP contribution < -0.4 is 10.7 Å². The number of nitro benzene ring substituents is 1. The van der Waals surface area contributed by atoms with E-state index >= 15 is 0 Å². The van der Waals surface area contributed by atoms with Gasteiger partial charge < -0.3 is 5.32 Å². The number of benzene rings is 2. The standard InChI is InChI=1S/C16H15BrN4O3/c1-11-2-5-13(6-3-11)18-10-16(22)20-19-9-12-4-7-14(21(23)24)8-15(12)17/h2-9,18H,10H2,1H3,(H,20,22)/b19-9-. The summed E-state index contributed by atoms with van der Waals surface area (Å²) in [4.78, 5) is 21.9. The van der Waals surface area contributed by atoms with Gasteiger partial charge in [0.1, 0.15) is 0 Å². The zero-order valence-corrected chi connectivity index (χ0v) is 14.4. The Balaban J connectivity index is 1.86. The molecule has 0 bridgehead atoms. The summed E-state index contributed by atoms with van der Waals surface area (Å²) in [6.07, 6.45) is 1.41. The van der Waals surface area contributed by atoms with Gasteiger partial charge in [-0.1, -0.05) is 17.7 Å². The molecule has 0 aliphatic carbocycles. The van der Waals surface area contributed by atoms with Gasteiger partial charge in [-0.15, -0.1) is 0 Å². The number of aryl methyl sites for hydroxylation is 1. The molecule has 7 nitrogen and oxygen atoms in total. The second-order valence-corrected chi connectivity index (χ2v) is 5.83. The van der Waals surface area contributed by atoms with Crippen molar-refractivity contribution in [1.82, 2.24) is 5.43 Å². The van der Waals surface area contributed by atoms with Crippen molar-refractivity contribution in [2.24, 2.45) is 5.10 Å². The van der Waals surface area contributed by atoms with Gasteiger partial charge in [-0.25, -0.2) is 5.43 Å². The SMILES string of the molecule is Cc1ccc(NCC(=O)N/N=C\c2ccc([N+](=O)[O-])cc2Br)cc1. The number of anilines is 1. The highest BCUT2D eigenvalue weighted by molar-refractivity contribution is 9.10. The highest BCUT2D eigenvalue weighted by Gasteiger charge is 2.07. The van der Waals surface area contributed by atoms with Crippen LogP contribution in [-0.4, -0.2) is 23.6 Å². The number of non-ortho nitro benzene ring substituents is 1. The van der Waals surface area contributed by atoms with Crippen LogP contribution in [0, 0.1) is 17.0 Å². The maximum atomic E-state index is 11.7. The number of amides is 1. The largest absolute Gasteiger partial charge is 0.376 e. The van der Waals surface area contributed by atoms with Crippen molar-refractivity contribution in [2.45, 2.75) is 6.92 Å². The first-order valence-electron chi connectivity index (χ1n) is 7.02. The van der Waals surface area contributed by atoms with E-state index in [9.17, 15) is 14.9 Å². The summed E-state index contributed by atoms with van der Waals surface area (Å²) >= 11 is 3.23. The molecule has 0 saturated carbocycles. The minimum atomic E-state index is -0.482. The first-order valence-corrected chi connectivity index (χ1v) is 7.81. The van der Waals surface area contributed by atoms with Crippen LogP contribution in [0.15, 0.2) is 52.0 Å². The maximum Gasteiger partial charge on any atom is 0.270 e. The summed E-state index contributed by atoms with van der Waals surface area (Å²) in [5, 5.41) is 17.5. The molecule has 0 heterocycles. The summed E-state index contributed by atoms with van der Waals surface area (Å²) in [6.45, 7) is 2.07. The molecule has 2 rings (SSSR count). The summed E-state index contributed by atoms with van der Waals surface area (Å²) in [6, 6.07) is 12.0. The monoisotopic (exact) mass is 390 g/mol. The Morgan fingerprint density at radius 1 is 1.29 bits per heavy atom. The molecular formula is C16H15BrN4O3. The molecule has 124 valence electrons. The summed E-state index contributed by atoms with van der Waals surface area (Å²) in [5.74, 6) is -0.301. The van der Waals surface area contributed by atoms with Crippen molar-refractivity contribution in [3.8, 4) is 0 Å². The fraction of sp³-hybridized carbons (Fsp3) is 0.125. The third-order valence-corrected chi connectivity index (χ3v) is 3.78. The minimum Gasteiger partial charge on any atom is -0.376 e. The number of hydrogen-bond acceptors (Lipinski definition) is 5. The predicted octanol–water partition coefficient (Wildman–Crippen LogP) is 3.23. The molecule has 8 heteroatoms. The molecule has 1 amide bonds. The first-order chi connectivity index (χ1) is 11.5. The molecular weight excluding hydrogens is 376 g/mol. The van der Waals surface area contributed by atoms with Crippen LogP contribution in [0.1, 0.15) is 11.1 Å². The van der Waals surface area contributed by atoms with E-state index < -0.39 is 4.92 Å². The Hall–Kier alpha value is -2.74. The van der Waals surface area contributed by atoms with Gasteiger partial charge in [0.2, 0.25) is 0 Å². The van der Waals surface area contributed by atoms with Gasteiger partial charge >= 0.3 is 0 Å². The van der Waals surface area contributed by atoms with Crippen LogP contribution in [0.3, 0.4) is 0 Å². The Bertz CT molecular complexity index is 775. The van der Waals surface area contributed by atoms with Crippen LogP contribution in [0.2, 0.25) is 0 Å². The van der Waals surface area contributed by atoms with E-state index in [1.807, 2.05) is 31.2 Å². The number of carbonyl (C=O) groups is 1. The van der Waals surface area contributed by atoms with Crippen LogP contribution in [0.25, 0.3) is 0 Å². The van der Waals surface area contributed by atoms with E-state index in [0.29, 0.717) is 10.0 Å². The van der Waals surface area contributed by atoms with Crippen LogP contribution in [0.4, 0.5) is 11.4 Å². The van der Waals surface area contributed by atoms with Crippen molar-refractivity contribution in [2.75, 3.05) is 11.9 Å². The van der Waals surface area contributed by atoms with E-state index in [2.05, 4.69) is 31.8 Å². The van der Waals surface area contributed by atoms with Crippen molar-refractivity contribution in [3.63, 3.8) is 0 Å². The van der Waals surface area contributed by atoms with Gasteiger partial charge in [0.25, 0.3) is 11.6 Å². The van der Waals surface area contributed by atoms with E-state index in [4.69, 9.17) is 0 Å². The van der Waals surface area contributed by atoms with Gasteiger partial charge in [0, 0.05) is 27.9 Å². The molecule has 0 aliphatic rings. The quantitative estimate of drug-likeness (QED) is 0.449. The molecule has 2 aromatic carbocycles. The smallest absolute Gasteiger partial charge is 0.270 e. The van der Waals surface area contributed by atoms with Crippen LogP contribution in [-0.2, 0) is 4.79 Å². The predicted molar refractivity (Wildman–Crippen MR) is 96.2 cm³/mol. The van der Waals surface area contributed by atoms with Gasteiger partial charge in [-0.2, -0.15) is 5.10 Å². The zero-order chi connectivity index (χ0) is 17.5. The normalized spacial score (nSPS) is 10.6. The van der Waals surface area contributed by atoms with E-state index in [1.165, 1.54) is 18.3 Å². The molecule has 2 N–H and O–H groups in total. The van der Waals surface area contributed by atoms with E-state index in [1.54, 1.807) is 6.07 Å². The lowest BCUT2D eigenvalue weighted by Crippen LogP contribution is -2.25. The van der Waals surface area contributed by atoms with Gasteiger partial charge in [0.05, 0.1) is 17.7 Å². The number of rotatable bonds is 6. The molecule has 0 saturated heterocycles. The van der Waals surface area contributed by atoms with Crippen LogP contribution >= 0.6 is 15.9 Å². The average Bonchev–Trinajstić information content (AvgIpc) is 2.55. The summed E-state index contributed by atoms with van der Waals surface area (Å²) in [5.41, 5.74) is 4.97. The van der Waals surface area contributed by atoms with Crippen LogP contribution in [0.5, 0.6) is 0 Å². The molecule has 24 heavy (non-hydrogen) atoms. The number of hydrogen-bond donors (Lipinski definition) is 2. The second kappa shape index (κ2) is 8.21. The van der Waals surface area contributed by atoms with E-state index in [0.717, 1.165) is 11.3 Å². The number of carbonyl (C=O) groups excluding carboxylic acids is 1. The Labute approximate surface area is 147 Å². The highest BCUT2D eigenvalue weighted by atomic mass is 79.9. The van der Waals surface area contributed by atoms with Crippen molar-refractivity contribution < 1.29 is 9.72 Å². The minimum absolute atomic E-state index is 0.0228. The third-order valence-electron chi connectivity index (χ3n) is 3.09.